The lowest BCUT2D eigenvalue weighted by Crippen LogP contribution is -2.23. The highest BCUT2D eigenvalue weighted by molar-refractivity contribution is 7.97. The Morgan fingerprint density at radius 2 is 2.18 bits per heavy atom. The minimum Gasteiger partial charge on any atom is -0.351 e. The number of nitrogens with one attached hydrogen (secondary N) is 1. The second-order valence-corrected chi connectivity index (χ2v) is 3.28. The number of primary amides is 1. The molecule has 0 aliphatic heterocycles. The Morgan fingerprint density at radius 1 is 1.45 bits per heavy atom. The number of carbonyl (C=O) groups is 1. The molecule has 0 radical (unpaired) electrons. The summed E-state index contributed by atoms with van der Waals surface area (Å²) in [5.41, 5.74) is 4.86. The van der Waals surface area contributed by atoms with Gasteiger partial charge in [0.05, 0.1) is 0 Å². The second kappa shape index (κ2) is 7.72. The van der Waals surface area contributed by atoms with Gasteiger partial charge in [-0.2, -0.15) is 0 Å². The molecule has 0 saturated heterocycles. The number of rotatable bonds is 6. The van der Waals surface area contributed by atoms with Crippen molar-refractivity contribution in [3.05, 3.63) is 0 Å². The topological polar surface area (TPSA) is 55.1 Å². The molecule has 0 bridgehead atoms. The van der Waals surface area contributed by atoms with Gasteiger partial charge >= 0.3 is 6.03 Å². The van der Waals surface area contributed by atoms with Crippen LogP contribution < -0.4 is 10.5 Å². The molecule has 3 nitrogen and oxygen atoms in total. The van der Waals surface area contributed by atoms with Crippen molar-refractivity contribution < 1.29 is 4.79 Å². The fourth-order valence-electron chi connectivity index (χ4n) is 0.723. The second-order valence-electron chi connectivity index (χ2n) is 2.38. The third kappa shape index (κ3) is 9.62. The van der Waals surface area contributed by atoms with Crippen LogP contribution in [0.2, 0.25) is 0 Å². The van der Waals surface area contributed by atoms with Crippen LogP contribution >= 0.6 is 11.9 Å². The van der Waals surface area contributed by atoms with Crippen LogP contribution in [0, 0.1) is 0 Å². The zero-order chi connectivity index (χ0) is 8.53. The van der Waals surface area contributed by atoms with Crippen LogP contribution in [0.25, 0.3) is 0 Å². The van der Waals surface area contributed by atoms with Crippen LogP contribution in [-0.4, -0.2) is 11.8 Å². The van der Waals surface area contributed by atoms with Gasteiger partial charge in [-0.3, -0.25) is 4.72 Å². The van der Waals surface area contributed by atoms with E-state index in [4.69, 9.17) is 5.73 Å². The molecule has 0 spiro atoms. The van der Waals surface area contributed by atoms with Gasteiger partial charge in [-0.1, -0.05) is 26.2 Å². The standard InChI is InChI=1S/C7H16N2OS/c1-2-3-4-5-6-11-9-7(8)10/h2-6H2,1H3,(H3,8,9,10). The molecule has 0 aromatic heterocycles. The number of urea groups is 1. The van der Waals surface area contributed by atoms with Crippen LogP contribution in [0.1, 0.15) is 32.6 Å². The Bertz CT molecular complexity index is 109. The Labute approximate surface area is 72.2 Å². The molecule has 0 aliphatic carbocycles. The summed E-state index contributed by atoms with van der Waals surface area (Å²) in [7, 11) is 0. The Morgan fingerprint density at radius 3 is 2.73 bits per heavy atom. The van der Waals surface area contributed by atoms with Crippen molar-refractivity contribution in [1.82, 2.24) is 4.72 Å². The Hall–Kier alpha value is -0.380. The third-order valence-corrected chi connectivity index (χ3v) is 2.11. The zero-order valence-corrected chi connectivity index (χ0v) is 7.75. The summed E-state index contributed by atoms with van der Waals surface area (Å²) >= 11 is 1.39. The van der Waals surface area contributed by atoms with Crippen molar-refractivity contribution in [3.63, 3.8) is 0 Å². The van der Waals surface area contributed by atoms with Crippen molar-refractivity contribution in [1.29, 1.82) is 0 Å². The summed E-state index contributed by atoms with van der Waals surface area (Å²) in [6, 6.07) is -0.453. The molecule has 0 fully saturated rings. The number of unbranched alkanes of at least 4 members (excludes halogenated alkanes) is 3. The molecule has 0 aliphatic rings. The first-order valence-corrected chi connectivity index (χ1v) is 4.93. The van der Waals surface area contributed by atoms with Gasteiger partial charge in [0, 0.05) is 5.75 Å². The maximum Gasteiger partial charge on any atom is 0.322 e. The number of amides is 2. The van der Waals surface area contributed by atoms with E-state index in [1.54, 1.807) is 0 Å². The Balaban J connectivity index is 2.85. The fourth-order valence-corrected chi connectivity index (χ4v) is 1.32. The van der Waals surface area contributed by atoms with E-state index in [-0.39, 0.29) is 0 Å². The van der Waals surface area contributed by atoms with Gasteiger partial charge in [-0.15, -0.1) is 0 Å². The molecule has 0 heterocycles. The molecule has 0 rings (SSSR count). The quantitative estimate of drug-likeness (QED) is 0.479. The van der Waals surface area contributed by atoms with Crippen molar-refractivity contribution >= 4 is 18.0 Å². The van der Waals surface area contributed by atoms with Crippen molar-refractivity contribution in [2.75, 3.05) is 5.75 Å². The van der Waals surface area contributed by atoms with Crippen LogP contribution in [0.15, 0.2) is 0 Å². The summed E-state index contributed by atoms with van der Waals surface area (Å²) < 4.78 is 2.48. The molecule has 11 heavy (non-hydrogen) atoms. The molecular weight excluding hydrogens is 160 g/mol. The lowest BCUT2D eigenvalue weighted by molar-refractivity contribution is 0.254. The lowest BCUT2D eigenvalue weighted by Gasteiger charge is -1.99. The van der Waals surface area contributed by atoms with Gasteiger partial charge in [0.1, 0.15) is 0 Å². The summed E-state index contributed by atoms with van der Waals surface area (Å²) in [6.45, 7) is 2.18. The van der Waals surface area contributed by atoms with E-state index < -0.39 is 6.03 Å². The predicted octanol–water partition coefficient (Wildman–Crippen LogP) is 1.88. The largest absolute Gasteiger partial charge is 0.351 e. The van der Waals surface area contributed by atoms with E-state index in [2.05, 4.69) is 11.6 Å². The summed E-state index contributed by atoms with van der Waals surface area (Å²) in [5, 5.41) is 0. The van der Waals surface area contributed by atoms with E-state index in [1.807, 2.05) is 0 Å². The molecule has 0 atom stereocenters. The van der Waals surface area contributed by atoms with E-state index in [9.17, 15) is 4.79 Å². The number of nitrogens with two attached hydrogens (primary N) is 1. The van der Waals surface area contributed by atoms with E-state index in [0.717, 1.165) is 12.2 Å². The minimum absolute atomic E-state index is 0.453. The van der Waals surface area contributed by atoms with Crippen LogP contribution in [-0.2, 0) is 0 Å². The van der Waals surface area contributed by atoms with Gasteiger partial charge in [-0.05, 0) is 18.4 Å². The summed E-state index contributed by atoms with van der Waals surface area (Å²) in [5.74, 6) is 0.961. The SMILES string of the molecule is CCCCCCSNC(N)=O. The van der Waals surface area contributed by atoms with Crippen molar-refractivity contribution in [2.24, 2.45) is 5.73 Å². The van der Waals surface area contributed by atoms with E-state index >= 15 is 0 Å². The first-order chi connectivity index (χ1) is 5.27. The predicted molar refractivity (Wildman–Crippen MR) is 49.3 cm³/mol. The number of carbonyl (C=O) groups excluding carboxylic acids is 1. The normalized spacial score (nSPS) is 9.55. The number of hydrogen-bond donors (Lipinski definition) is 2. The third-order valence-electron chi connectivity index (χ3n) is 1.27. The maximum absolute atomic E-state index is 10.2. The minimum atomic E-state index is -0.453. The monoisotopic (exact) mass is 176 g/mol. The zero-order valence-electron chi connectivity index (χ0n) is 6.93. The smallest absolute Gasteiger partial charge is 0.322 e. The lowest BCUT2D eigenvalue weighted by atomic mass is 10.2. The van der Waals surface area contributed by atoms with Crippen molar-refractivity contribution in [2.45, 2.75) is 32.6 Å². The molecule has 3 N–H and O–H groups in total. The Kier molecular flexibility index (Phi) is 7.46. The molecule has 0 unspecified atom stereocenters. The maximum atomic E-state index is 10.2. The van der Waals surface area contributed by atoms with Crippen LogP contribution in [0.3, 0.4) is 0 Å². The molecule has 0 aromatic rings. The van der Waals surface area contributed by atoms with Crippen molar-refractivity contribution in [3.8, 4) is 0 Å². The average molecular weight is 176 g/mol. The van der Waals surface area contributed by atoms with Gasteiger partial charge in [0.25, 0.3) is 0 Å². The molecule has 66 valence electrons. The summed E-state index contributed by atoms with van der Waals surface area (Å²) in [4.78, 5) is 10.2. The van der Waals surface area contributed by atoms with Gasteiger partial charge in [-0.25, -0.2) is 4.79 Å². The summed E-state index contributed by atoms with van der Waals surface area (Å²) in [6.07, 6.45) is 4.91. The molecule has 2 amide bonds. The molecule has 4 heteroatoms. The average Bonchev–Trinajstić information content (AvgIpc) is 1.96. The van der Waals surface area contributed by atoms with Crippen LogP contribution in [0.5, 0.6) is 0 Å². The first-order valence-electron chi connectivity index (χ1n) is 3.94. The van der Waals surface area contributed by atoms with Gasteiger partial charge in [0.15, 0.2) is 0 Å². The molecular formula is C7H16N2OS. The highest BCUT2D eigenvalue weighted by Crippen LogP contribution is 2.03. The van der Waals surface area contributed by atoms with Gasteiger partial charge < -0.3 is 5.73 Å². The van der Waals surface area contributed by atoms with E-state index in [0.29, 0.717) is 0 Å². The highest BCUT2D eigenvalue weighted by atomic mass is 32.2. The highest BCUT2D eigenvalue weighted by Gasteiger charge is 1.91. The molecule has 0 saturated carbocycles. The first kappa shape index (κ1) is 10.6. The van der Waals surface area contributed by atoms with E-state index in [1.165, 1.54) is 31.2 Å². The fraction of sp³-hybridized carbons (Fsp3) is 0.857. The van der Waals surface area contributed by atoms with Crippen LogP contribution in [0.4, 0.5) is 4.79 Å². The number of hydrogen-bond acceptors (Lipinski definition) is 2. The van der Waals surface area contributed by atoms with Gasteiger partial charge in [0.2, 0.25) is 0 Å². The molecule has 0 aromatic carbocycles.